The summed E-state index contributed by atoms with van der Waals surface area (Å²) in [6.07, 6.45) is -0.199. The molecule has 3 aromatic rings. The highest BCUT2D eigenvalue weighted by Crippen LogP contribution is 2.70. The number of allylic oxidation sites excluding steroid dienone is 1. The number of hydrogen-bond acceptors (Lipinski definition) is 5. The van der Waals surface area contributed by atoms with Crippen LogP contribution in [0.3, 0.4) is 0 Å². The van der Waals surface area contributed by atoms with Crippen LogP contribution >= 0.6 is 23.4 Å². The quantitative estimate of drug-likeness (QED) is 0.211. The van der Waals surface area contributed by atoms with Crippen LogP contribution in [0.2, 0.25) is 5.15 Å². The van der Waals surface area contributed by atoms with Gasteiger partial charge in [-0.25, -0.2) is 22.5 Å². The van der Waals surface area contributed by atoms with Gasteiger partial charge in [0.2, 0.25) is 5.91 Å². The van der Waals surface area contributed by atoms with Gasteiger partial charge < -0.3 is 5.32 Å². The maximum atomic E-state index is 15.0. The minimum atomic E-state index is -3.52. The number of fused-ring (bicyclic) bond motifs is 3. The smallest absolute Gasteiger partial charge is 0.297 e. The molecule has 200 valence electrons. The topological polar surface area (TPSA) is 72.7 Å². The number of thioether (sulfide) groups is 1. The van der Waals surface area contributed by atoms with E-state index in [-0.39, 0.29) is 34.0 Å². The molecule has 2 aromatic heterocycles. The first-order valence-corrected chi connectivity index (χ1v) is 12.8. The molecular formula is C24H18ClF6N5OS. The Hall–Kier alpha value is -3.06. The van der Waals surface area contributed by atoms with Crippen LogP contribution in [0.15, 0.2) is 41.6 Å². The third-order valence-corrected chi connectivity index (χ3v) is 7.42. The van der Waals surface area contributed by atoms with E-state index in [1.165, 1.54) is 18.0 Å². The van der Waals surface area contributed by atoms with Crippen molar-refractivity contribution in [2.24, 2.45) is 5.92 Å². The second-order valence-corrected chi connectivity index (χ2v) is 10.1. The van der Waals surface area contributed by atoms with E-state index in [1.54, 1.807) is 6.26 Å². The molecule has 1 amide bonds. The molecule has 1 aromatic carbocycles. The third-order valence-electron chi connectivity index (χ3n) is 6.53. The zero-order valence-corrected chi connectivity index (χ0v) is 21.1. The molecule has 0 saturated heterocycles. The van der Waals surface area contributed by atoms with Crippen molar-refractivity contribution in [3.05, 3.63) is 81.5 Å². The predicted molar refractivity (Wildman–Crippen MR) is 126 cm³/mol. The first-order valence-electron chi connectivity index (χ1n) is 11.2. The van der Waals surface area contributed by atoms with Gasteiger partial charge in [-0.05, 0) is 30.4 Å². The monoisotopic (exact) mass is 573 g/mol. The summed E-state index contributed by atoms with van der Waals surface area (Å²) in [5.41, 5.74) is -1.49. The zero-order chi connectivity index (χ0) is 27.5. The average molecular weight is 574 g/mol. The number of hydrogen-bond donors (Lipinski definition) is 1. The number of carbonyl (C=O) groups excluding carboxylic acids is 1. The van der Waals surface area contributed by atoms with E-state index < -0.39 is 65.7 Å². The van der Waals surface area contributed by atoms with Crippen LogP contribution in [-0.4, -0.2) is 31.9 Å². The van der Waals surface area contributed by atoms with Crippen molar-refractivity contribution >= 4 is 29.3 Å². The van der Waals surface area contributed by atoms with E-state index in [9.17, 15) is 22.4 Å². The second kappa shape index (κ2) is 9.60. The molecule has 1 saturated carbocycles. The molecule has 3 atom stereocenters. The first-order chi connectivity index (χ1) is 17.9. The summed E-state index contributed by atoms with van der Waals surface area (Å²) in [6.45, 7) is 2.72. The van der Waals surface area contributed by atoms with Gasteiger partial charge in [-0.3, -0.25) is 14.5 Å². The van der Waals surface area contributed by atoms with Crippen molar-refractivity contribution in [1.29, 1.82) is 0 Å². The number of alkyl halides is 4. The number of rotatable bonds is 8. The lowest BCUT2D eigenvalue weighted by Crippen LogP contribution is -2.35. The summed E-state index contributed by atoms with van der Waals surface area (Å²) in [4.78, 5) is 21.4. The number of halogens is 7. The van der Waals surface area contributed by atoms with Crippen molar-refractivity contribution in [3.63, 3.8) is 0 Å². The second-order valence-electron chi connectivity index (χ2n) is 8.95. The molecule has 0 bridgehead atoms. The Balaban J connectivity index is 1.46. The van der Waals surface area contributed by atoms with Gasteiger partial charge in [0.05, 0.1) is 18.2 Å². The van der Waals surface area contributed by atoms with Crippen LogP contribution < -0.4 is 5.32 Å². The Labute approximate surface area is 221 Å². The van der Waals surface area contributed by atoms with Crippen molar-refractivity contribution in [2.75, 3.05) is 6.26 Å². The van der Waals surface area contributed by atoms with Crippen molar-refractivity contribution < 1.29 is 31.1 Å². The van der Waals surface area contributed by atoms with Gasteiger partial charge in [-0.15, -0.1) is 11.8 Å². The molecule has 6 nitrogen and oxygen atoms in total. The van der Waals surface area contributed by atoms with Gasteiger partial charge in [0.15, 0.2) is 5.15 Å². The number of amides is 1. The highest BCUT2D eigenvalue weighted by Gasteiger charge is 2.69. The van der Waals surface area contributed by atoms with E-state index in [0.717, 1.165) is 12.1 Å². The maximum absolute atomic E-state index is 15.0. The molecule has 0 unspecified atom stereocenters. The van der Waals surface area contributed by atoms with Gasteiger partial charge in [0, 0.05) is 17.5 Å². The minimum Gasteiger partial charge on any atom is -0.346 e. The Kier molecular flexibility index (Phi) is 6.70. The standard InChI is InChI=1S/C24H18ClF6N5OS/c1-9-16-17-20(23(28)29)35-36(21(17)24(30,31)18(9)16)8-14(37)33-13(5-10-3-11(26)6-12(27)4-10)19-22(25)34-15(38-2)7-32-19/h3-4,6-7,13,16,18,23H,1,5,8H2,2H3,(H,33,37)/t13-,16+,18+/m0/s1. The molecule has 38 heavy (non-hydrogen) atoms. The summed E-state index contributed by atoms with van der Waals surface area (Å²) in [7, 11) is 0. The normalized spacial score (nSPS) is 19.9. The maximum Gasteiger partial charge on any atom is 0.297 e. The molecule has 1 fully saturated rings. The van der Waals surface area contributed by atoms with Gasteiger partial charge >= 0.3 is 0 Å². The van der Waals surface area contributed by atoms with Gasteiger partial charge in [0.25, 0.3) is 12.3 Å². The number of carbonyl (C=O) groups is 1. The molecule has 2 aliphatic rings. The van der Waals surface area contributed by atoms with E-state index >= 15 is 8.78 Å². The fourth-order valence-corrected chi connectivity index (χ4v) is 5.60. The van der Waals surface area contributed by atoms with Gasteiger partial charge in [-0.1, -0.05) is 23.8 Å². The SMILES string of the molecule is C=C1[C@@H]2c3c(C(F)F)nn(CC(=O)N[C@@H](Cc4cc(F)cc(F)c4)c4ncc(SC)nc4Cl)c3C(F)(F)[C@H]12. The molecule has 5 rings (SSSR count). The molecule has 14 heteroatoms. The van der Waals surface area contributed by atoms with Crippen LogP contribution in [0, 0.1) is 17.6 Å². The molecule has 0 aliphatic heterocycles. The van der Waals surface area contributed by atoms with Crippen LogP contribution in [0.25, 0.3) is 0 Å². The fraction of sp³-hybridized carbons (Fsp3) is 0.333. The lowest BCUT2D eigenvalue weighted by molar-refractivity contribution is -0.122. The van der Waals surface area contributed by atoms with E-state index in [1.807, 2.05) is 0 Å². The first kappa shape index (κ1) is 26.5. The highest BCUT2D eigenvalue weighted by molar-refractivity contribution is 7.98. The summed E-state index contributed by atoms with van der Waals surface area (Å²) in [5, 5.41) is 6.56. The lowest BCUT2D eigenvalue weighted by atomic mass is 10.0. The van der Waals surface area contributed by atoms with E-state index in [0.29, 0.717) is 15.8 Å². The minimum absolute atomic E-state index is 0.0596. The zero-order valence-electron chi connectivity index (χ0n) is 19.5. The average Bonchev–Trinajstić information content (AvgIpc) is 3.23. The number of nitrogens with one attached hydrogen (secondary N) is 1. The number of benzene rings is 1. The number of aromatic nitrogens is 4. The van der Waals surface area contributed by atoms with Gasteiger partial charge in [-0.2, -0.15) is 13.9 Å². The largest absolute Gasteiger partial charge is 0.346 e. The van der Waals surface area contributed by atoms with Gasteiger partial charge in [0.1, 0.15) is 40.3 Å². The molecule has 1 N–H and O–H groups in total. The molecule has 2 heterocycles. The Morgan fingerprint density at radius 3 is 2.53 bits per heavy atom. The lowest BCUT2D eigenvalue weighted by Gasteiger charge is -2.21. The van der Waals surface area contributed by atoms with Crippen LogP contribution in [-0.2, 0) is 23.7 Å². The molecule has 2 aliphatic carbocycles. The summed E-state index contributed by atoms with van der Waals surface area (Å²) in [6, 6.07) is 1.69. The summed E-state index contributed by atoms with van der Waals surface area (Å²) < 4.78 is 85.5. The predicted octanol–water partition coefficient (Wildman–Crippen LogP) is 5.74. The molecule has 0 spiro atoms. The van der Waals surface area contributed by atoms with Crippen LogP contribution in [0.5, 0.6) is 0 Å². The Bertz CT molecular complexity index is 1440. The van der Waals surface area contributed by atoms with Crippen LogP contribution in [0.4, 0.5) is 26.3 Å². The fourth-order valence-electron chi connectivity index (χ4n) is 4.93. The van der Waals surface area contributed by atoms with E-state index in [4.69, 9.17) is 11.6 Å². The Morgan fingerprint density at radius 2 is 1.92 bits per heavy atom. The third kappa shape index (κ3) is 4.55. The number of nitrogens with zero attached hydrogens (tertiary/aromatic N) is 4. The molecular weight excluding hydrogens is 556 g/mol. The van der Waals surface area contributed by atoms with Crippen LogP contribution in [0.1, 0.15) is 46.6 Å². The Morgan fingerprint density at radius 1 is 1.24 bits per heavy atom. The molecule has 0 radical (unpaired) electrons. The summed E-state index contributed by atoms with van der Waals surface area (Å²) >= 11 is 7.52. The summed E-state index contributed by atoms with van der Waals surface area (Å²) in [5.74, 6) is -8.34. The van der Waals surface area contributed by atoms with E-state index in [2.05, 4.69) is 27.0 Å². The van der Waals surface area contributed by atoms with Crippen molar-refractivity contribution in [2.45, 2.75) is 42.3 Å². The van der Waals surface area contributed by atoms with Crippen molar-refractivity contribution in [1.82, 2.24) is 25.1 Å². The highest BCUT2D eigenvalue weighted by atomic mass is 35.5. The van der Waals surface area contributed by atoms with Crippen molar-refractivity contribution in [3.8, 4) is 0 Å².